The number of methoxy groups -OCH3 is 1. The van der Waals surface area contributed by atoms with Gasteiger partial charge in [-0.2, -0.15) is 0 Å². The number of hydrogen-bond donors (Lipinski definition) is 1. The van der Waals surface area contributed by atoms with Gasteiger partial charge in [-0.15, -0.1) is 0 Å². The van der Waals surface area contributed by atoms with E-state index in [0.29, 0.717) is 24.4 Å². The lowest BCUT2D eigenvalue weighted by molar-refractivity contribution is -0.140. The Balaban J connectivity index is 2.08. The van der Waals surface area contributed by atoms with Gasteiger partial charge in [0.25, 0.3) is 10.0 Å². The zero-order valence-corrected chi connectivity index (χ0v) is 24.7. The van der Waals surface area contributed by atoms with Crippen molar-refractivity contribution >= 4 is 27.5 Å². The Labute approximate surface area is 238 Å². The van der Waals surface area contributed by atoms with Crippen molar-refractivity contribution in [1.82, 2.24) is 10.2 Å². The standard InChI is InChI=1S/C31H39N3O5S/c1-6-18-32-31(36)28(7-2)33(21-25-12-11-13-26(20-25)39-5)30(35)22-34(29-17-16-23(3)19-24(29)4)40(37,38)27-14-9-8-10-15-27/h8-17,19-20,28H,6-7,18,21-22H2,1-5H3,(H,32,36). The van der Waals surface area contributed by atoms with Gasteiger partial charge in [0.2, 0.25) is 11.8 Å². The Hall–Kier alpha value is -3.85. The highest BCUT2D eigenvalue weighted by Gasteiger charge is 2.34. The third kappa shape index (κ3) is 7.41. The minimum absolute atomic E-state index is 0.0786. The summed E-state index contributed by atoms with van der Waals surface area (Å²) in [5.74, 6) is -0.137. The van der Waals surface area contributed by atoms with Crippen molar-refractivity contribution in [2.24, 2.45) is 0 Å². The number of carbonyl (C=O) groups is 2. The van der Waals surface area contributed by atoms with Crippen LogP contribution < -0.4 is 14.4 Å². The number of hydrogen-bond acceptors (Lipinski definition) is 5. The summed E-state index contributed by atoms with van der Waals surface area (Å²) in [7, 11) is -2.54. The maximum atomic E-state index is 14.1. The normalized spacial score (nSPS) is 11.9. The summed E-state index contributed by atoms with van der Waals surface area (Å²) in [6.45, 7) is 7.66. The highest BCUT2D eigenvalue weighted by atomic mass is 32.2. The molecular weight excluding hydrogens is 526 g/mol. The van der Waals surface area contributed by atoms with E-state index in [1.807, 2.05) is 52.0 Å². The van der Waals surface area contributed by atoms with Gasteiger partial charge in [-0.25, -0.2) is 8.42 Å². The van der Waals surface area contributed by atoms with Crippen LogP contribution in [0.2, 0.25) is 0 Å². The minimum Gasteiger partial charge on any atom is -0.497 e. The molecule has 3 aromatic rings. The number of carbonyl (C=O) groups excluding carboxylic acids is 2. The second kappa shape index (κ2) is 14.0. The lowest BCUT2D eigenvalue weighted by atomic mass is 10.1. The van der Waals surface area contributed by atoms with Gasteiger partial charge in [0.15, 0.2) is 0 Å². The van der Waals surface area contributed by atoms with E-state index < -0.39 is 28.5 Å². The zero-order chi connectivity index (χ0) is 29.3. The quantitative estimate of drug-likeness (QED) is 0.320. The van der Waals surface area contributed by atoms with Gasteiger partial charge in [-0.05, 0) is 68.1 Å². The van der Waals surface area contributed by atoms with Gasteiger partial charge in [0.05, 0.1) is 17.7 Å². The topological polar surface area (TPSA) is 96.0 Å². The molecule has 1 atom stereocenters. The number of amides is 2. The van der Waals surface area contributed by atoms with Crippen LogP contribution in [0, 0.1) is 13.8 Å². The Morgan fingerprint density at radius 1 is 0.950 bits per heavy atom. The number of rotatable bonds is 13. The third-order valence-electron chi connectivity index (χ3n) is 6.65. The van der Waals surface area contributed by atoms with E-state index in [1.54, 1.807) is 43.5 Å². The molecule has 1 N–H and O–H groups in total. The van der Waals surface area contributed by atoms with Crippen molar-refractivity contribution in [2.75, 3.05) is 24.5 Å². The first-order chi connectivity index (χ1) is 19.1. The minimum atomic E-state index is -4.10. The fourth-order valence-electron chi connectivity index (χ4n) is 4.57. The van der Waals surface area contributed by atoms with E-state index in [0.717, 1.165) is 27.4 Å². The molecule has 2 amide bonds. The second-order valence-corrected chi connectivity index (χ2v) is 11.6. The van der Waals surface area contributed by atoms with Gasteiger partial charge in [0, 0.05) is 13.1 Å². The third-order valence-corrected chi connectivity index (χ3v) is 8.43. The zero-order valence-electron chi connectivity index (χ0n) is 23.9. The average molecular weight is 566 g/mol. The van der Waals surface area contributed by atoms with Crippen LogP contribution in [0.4, 0.5) is 5.69 Å². The molecule has 214 valence electrons. The van der Waals surface area contributed by atoms with E-state index in [9.17, 15) is 18.0 Å². The summed E-state index contributed by atoms with van der Waals surface area (Å²) in [5, 5.41) is 2.89. The van der Waals surface area contributed by atoms with Crippen LogP contribution in [0.15, 0.2) is 77.7 Å². The van der Waals surface area contributed by atoms with Crippen LogP contribution >= 0.6 is 0 Å². The molecule has 0 radical (unpaired) electrons. The molecule has 0 aliphatic carbocycles. The van der Waals surface area contributed by atoms with Gasteiger partial charge in [0.1, 0.15) is 18.3 Å². The molecule has 8 nitrogen and oxygen atoms in total. The van der Waals surface area contributed by atoms with Crippen LogP contribution in [0.1, 0.15) is 43.4 Å². The molecule has 1 unspecified atom stereocenters. The molecule has 0 heterocycles. The molecule has 0 aromatic heterocycles. The first-order valence-electron chi connectivity index (χ1n) is 13.5. The summed E-state index contributed by atoms with van der Waals surface area (Å²) in [5.41, 5.74) is 2.87. The molecule has 0 aliphatic rings. The summed E-state index contributed by atoms with van der Waals surface area (Å²) >= 11 is 0. The van der Waals surface area contributed by atoms with Crippen molar-refractivity contribution in [3.05, 3.63) is 89.5 Å². The number of nitrogens with one attached hydrogen (secondary N) is 1. The first-order valence-corrected chi connectivity index (χ1v) is 14.9. The summed E-state index contributed by atoms with van der Waals surface area (Å²) in [4.78, 5) is 28.9. The fraction of sp³-hybridized carbons (Fsp3) is 0.355. The maximum absolute atomic E-state index is 14.1. The first kappa shape index (κ1) is 30.7. The van der Waals surface area contributed by atoms with E-state index in [2.05, 4.69) is 5.32 Å². The number of benzene rings is 3. The van der Waals surface area contributed by atoms with Crippen molar-refractivity contribution in [1.29, 1.82) is 0 Å². The Morgan fingerprint density at radius 3 is 2.30 bits per heavy atom. The highest BCUT2D eigenvalue weighted by molar-refractivity contribution is 7.92. The molecule has 0 fully saturated rings. The van der Waals surface area contributed by atoms with Gasteiger partial charge in [-0.3, -0.25) is 13.9 Å². The van der Waals surface area contributed by atoms with E-state index in [1.165, 1.54) is 17.0 Å². The average Bonchev–Trinajstić information content (AvgIpc) is 2.95. The molecule has 0 saturated heterocycles. The predicted molar refractivity (Wildman–Crippen MR) is 158 cm³/mol. The molecule has 3 aromatic carbocycles. The van der Waals surface area contributed by atoms with Gasteiger partial charge >= 0.3 is 0 Å². The number of ether oxygens (including phenoxy) is 1. The van der Waals surface area contributed by atoms with Gasteiger partial charge < -0.3 is 15.0 Å². The predicted octanol–water partition coefficient (Wildman–Crippen LogP) is 4.84. The summed E-state index contributed by atoms with van der Waals surface area (Å²) in [6.07, 6.45) is 1.11. The lowest BCUT2D eigenvalue weighted by Gasteiger charge is -2.33. The highest BCUT2D eigenvalue weighted by Crippen LogP contribution is 2.28. The molecule has 0 saturated carbocycles. The maximum Gasteiger partial charge on any atom is 0.264 e. The number of aryl methyl sites for hydroxylation is 2. The summed E-state index contributed by atoms with van der Waals surface area (Å²) in [6, 6.07) is 20.0. The fourth-order valence-corrected chi connectivity index (χ4v) is 6.07. The Kier molecular flexibility index (Phi) is 10.7. The molecule has 9 heteroatoms. The smallest absolute Gasteiger partial charge is 0.264 e. The van der Waals surface area contributed by atoms with Crippen molar-refractivity contribution in [3.63, 3.8) is 0 Å². The molecule has 0 aliphatic heterocycles. The van der Waals surface area contributed by atoms with Crippen molar-refractivity contribution in [2.45, 2.75) is 58.0 Å². The van der Waals surface area contributed by atoms with Crippen LogP contribution in [0.5, 0.6) is 5.75 Å². The van der Waals surface area contributed by atoms with Crippen LogP contribution in [0.25, 0.3) is 0 Å². The second-order valence-electron chi connectivity index (χ2n) is 9.70. The Bertz CT molecular complexity index is 1410. The largest absolute Gasteiger partial charge is 0.497 e. The SMILES string of the molecule is CCCNC(=O)C(CC)N(Cc1cccc(OC)c1)C(=O)CN(c1ccc(C)cc1C)S(=O)(=O)c1ccccc1. The van der Waals surface area contributed by atoms with E-state index in [-0.39, 0.29) is 17.3 Å². The van der Waals surface area contributed by atoms with Crippen LogP contribution in [-0.2, 0) is 26.2 Å². The lowest BCUT2D eigenvalue weighted by Crippen LogP contribution is -2.52. The van der Waals surface area contributed by atoms with Crippen LogP contribution in [0.3, 0.4) is 0 Å². The number of sulfonamides is 1. The van der Waals surface area contributed by atoms with Crippen molar-refractivity contribution in [3.8, 4) is 5.75 Å². The molecule has 40 heavy (non-hydrogen) atoms. The van der Waals surface area contributed by atoms with Crippen LogP contribution in [-0.4, -0.2) is 51.4 Å². The number of nitrogens with zero attached hydrogens (tertiary/aromatic N) is 2. The van der Waals surface area contributed by atoms with Gasteiger partial charge in [-0.1, -0.05) is 61.9 Å². The van der Waals surface area contributed by atoms with Crippen molar-refractivity contribution < 1.29 is 22.7 Å². The van der Waals surface area contributed by atoms with E-state index >= 15 is 0 Å². The Morgan fingerprint density at radius 2 is 1.68 bits per heavy atom. The monoisotopic (exact) mass is 565 g/mol. The molecule has 3 rings (SSSR count). The number of anilines is 1. The molecule has 0 spiro atoms. The summed E-state index contributed by atoms with van der Waals surface area (Å²) < 4.78 is 34.4. The molecular formula is C31H39N3O5S. The van der Waals surface area contributed by atoms with E-state index in [4.69, 9.17) is 4.74 Å². The molecule has 0 bridgehead atoms.